The largest absolute Gasteiger partial charge is 0.497 e. The van der Waals surface area contributed by atoms with Crippen LogP contribution in [0.5, 0.6) is 5.75 Å². The SMILES string of the molecule is COc1cc(F)c(C(N)c2ccc(F)c(F)c2F)c(F)c1. The minimum absolute atomic E-state index is 0.0910. The fourth-order valence-electron chi connectivity index (χ4n) is 1.91. The molecule has 2 N–H and O–H groups in total. The average Bonchev–Trinajstić information content (AvgIpc) is 2.43. The van der Waals surface area contributed by atoms with E-state index in [-0.39, 0.29) is 5.75 Å². The van der Waals surface area contributed by atoms with Crippen LogP contribution < -0.4 is 10.5 Å². The van der Waals surface area contributed by atoms with E-state index in [4.69, 9.17) is 5.73 Å². The number of ether oxygens (including phenoxy) is 1. The summed E-state index contributed by atoms with van der Waals surface area (Å²) in [7, 11) is 1.21. The molecule has 0 radical (unpaired) electrons. The standard InChI is InChI=1S/C14H10F5NO/c1-21-6-4-9(16)11(10(17)5-6)14(20)7-2-3-8(15)13(19)12(7)18/h2-5,14H,20H2,1H3. The summed E-state index contributed by atoms with van der Waals surface area (Å²) in [4.78, 5) is 0. The van der Waals surface area contributed by atoms with Gasteiger partial charge in [-0.2, -0.15) is 0 Å². The molecule has 0 bridgehead atoms. The zero-order valence-electron chi connectivity index (χ0n) is 10.8. The highest BCUT2D eigenvalue weighted by Gasteiger charge is 2.25. The van der Waals surface area contributed by atoms with Gasteiger partial charge in [0.2, 0.25) is 0 Å². The fourth-order valence-corrected chi connectivity index (χ4v) is 1.91. The Morgan fingerprint density at radius 2 is 1.48 bits per heavy atom. The number of nitrogens with two attached hydrogens (primary N) is 1. The number of halogens is 5. The van der Waals surface area contributed by atoms with Gasteiger partial charge in [-0.25, -0.2) is 22.0 Å². The van der Waals surface area contributed by atoms with E-state index in [2.05, 4.69) is 4.74 Å². The van der Waals surface area contributed by atoms with Crippen molar-refractivity contribution in [2.45, 2.75) is 6.04 Å². The molecular weight excluding hydrogens is 293 g/mol. The van der Waals surface area contributed by atoms with Crippen LogP contribution in [0.4, 0.5) is 22.0 Å². The third kappa shape index (κ3) is 2.69. The maximum absolute atomic E-state index is 13.9. The van der Waals surface area contributed by atoms with Crippen LogP contribution in [0.1, 0.15) is 17.2 Å². The highest BCUT2D eigenvalue weighted by molar-refractivity contribution is 5.38. The van der Waals surface area contributed by atoms with E-state index in [1.165, 1.54) is 7.11 Å². The molecule has 1 unspecified atom stereocenters. The van der Waals surface area contributed by atoms with Gasteiger partial charge < -0.3 is 10.5 Å². The molecule has 0 aromatic heterocycles. The van der Waals surface area contributed by atoms with Gasteiger partial charge in [-0.1, -0.05) is 6.07 Å². The van der Waals surface area contributed by atoms with Crippen molar-refractivity contribution in [3.63, 3.8) is 0 Å². The second kappa shape index (κ2) is 5.69. The summed E-state index contributed by atoms with van der Waals surface area (Å²) in [6.45, 7) is 0. The molecule has 0 aliphatic heterocycles. The monoisotopic (exact) mass is 303 g/mol. The number of benzene rings is 2. The molecule has 21 heavy (non-hydrogen) atoms. The minimum atomic E-state index is -1.75. The van der Waals surface area contributed by atoms with E-state index < -0.39 is 46.3 Å². The van der Waals surface area contributed by atoms with Crippen molar-refractivity contribution in [3.8, 4) is 5.75 Å². The van der Waals surface area contributed by atoms with Gasteiger partial charge in [0.05, 0.1) is 13.2 Å². The number of hydrogen-bond acceptors (Lipinski definition) is 2. The molecule has 0 aliphatic carbocycles. The molecule has 2 aromatic carbocycles. The summed E-state index contributed by atoms with van der Waals surface area (Å²) in [6, 6.07) is 1.55. The topological polar surface area (TPSA) is 35.2 Å². The number of hydrogen-bond donors (Lipinski definition) is 1. The summed E-state index contributed by atoms with van der Waals surface area (Å²) in [5.41, 5.74) is 4.35. The van der Waals surface area contributed by atoms with Crippen LogP contribution in [-0.2, 0) is 0 Å². The lowest BCUT2D eigenvalue weighted by atomic mass is 9.97. The second-order valence-corrected chi connectivity index (χ2v) is 4.25. The van der Waals surface area contributed by atoms with Gasteiger partial charge in [0.1, 0.15) is 17.4 Å². The summed E-state index contributed by atoms with van der Waals surface area (Å²) in [5.74, 6) is -7.01. The predicted molar refractivity (Wildman–Crippen MR) is 65.3 cm³/mol. The Morgan fingerprint density at radius 1 is 0.905 bits per heavy atom. The predicted octanol–water partition coefficient (Wildman–Crippen LogP) is 3.44. The van der Waals surface area contributed by atoms with Crippen LogP contribution in [0.25, 0.3) is 0 Å². The molecule has 0 saturated heterocycles. The van der Waals surface area contributed by atoms with Crippen molar-refractivity contribution in [2.75, 3.05) is 7.11 Å². The van der Waals surface area contributed by atoms with E-state index in [1.807, 2.05) is 0 Å². The van der Waals surface area contributed by atoms with Gasteiger partial charge in [-0.15, -0.1) is 0 Å². The smallest absolute Gasteiger partial charge is 0.194 e. The molecule has 7 heteroatoms. The molecule has 0 aliphatic rings. The van der Waals surface area contributed by atoms with Gasteiger partial charge in [0.15, 0.2) is 17.5 Å². The molecule has 2 aromatic rings. The highest BCUT2D eigenvalue weighted by atomic mass is 19.2. The molecular formula is C14H10F5NO. The van der Waals surface area contributed by atoms with Crippen molar-refractivity contribution in [3.05, 3.63) is 64.5 Å². The Bertz CT molecular complexity index is 666. The van der Waals surface area contributed by atoms with Crippen LogP contribution in [0, 0.1) is 29.1 Å². The Morgan fingerprint density at radius 3 is 2.00 bits per heavy atom. The summed E-state index contributed by atoms with van der Waals surface area (Å²) >= 11 is 0. The van der Waals surface area contributed by atoms with Crippen molar-refractivity contribution >= 4 is 0 Å². The van der Waals surface area contributed by atoms with E-state index in [1.54, 1.807) is 0 Å². The minimum Gasteiger partial charge on any atom is -0.497 e. The Labute approximate surface area is 116 Å². The van der Waals surface area contributed by atoms with E-state index in [9.17, 15) is 22.0 Å². The highest BCUT2D eigenvalue weighted by Crippen LogP contribution is 2.30. The van der Waals surface area contributed by atoms with Gasteiger partial charge in [-0.3, -0.25) is 0 Å². The number of rotatable bonds is 3. The molecule has 0 amide bonds. The lowest BCUT2D eigenvalue weighted by molar-refractivity contribution is 0.403. The normalized spacial score (nSPS) is 12.3. The van der Waals surface area contributed by atoms with Crippen LogP contribution in [0.3, 0.4) is 0 Å². The van der Waals surface area contributed by atoms with E-state index >= 15 is 0 Å². The molecule has 0 fully saturated rings. The molecule has 2 rings (SSSR count). The Hall–Kier alpha value is -2.15. The first-order valence-corrected chi connectivity index (χ1v) is 5.78. The van der Waals surface area contributed by atoms with Crippen LogP contribution in [-0.4, -0.2) is 7.11 Å². The Kier molecular flexibility index (Phi) is 4.13. The molecule has 0 spiro atoms. The van der Waals surface area contributed by atoms with Crippen LogP contribution >= 0.6 is 0 Å². The molecule has 112 valence electrons. The van der Waals surface area contributed by atoms with Gasteiger partial charge in [0, 0.05) is 23.3 Å². The second-order valence-electron chi connectivity index (χ2n) is 4.25. The lowest BCUT2D eigenvalue weighted by Gasteiger charge is -2.16. The van der Waals surface area contributed by atoms with Crippen molar-refractivity contribution in [1.82, 2.24) is 0 Å². The maximum Gasteiger partial charge on any atom is 0.194 e. The first-order valence-electron chi connectivity index (χ1n) is 5.78. The van der Waals surface area contributed by atoms with Gasteiger partial charge >= 0.3 is 0 Å². The quantitative estimate of drug-likeness (QED) is 0.696. The fraction of sp³-hybridized carbons (Fsp3) is 0.143. The first-order chi connectivity index (χ1) is 9.86. The number of methoxy groups -OCH3 is 1. The van der Waals surface area contributed by atoms with Crippen LogP contribution in [0.15, 0.2) is 24.3 Å². The zero-order chi connectivity index (χ0) is 15.7. The van der Waals surface area contributed by atoms with Crippen LogP contribution in [0.2, 0.25) is 0 Å². The van der Waals surface area contributed by atoms with E-state index in [0.717, 1.165) is 18.2 Å². The summed E-state index contributed by atoms with van der Waals surface area (Å²) in [5, 5.41) is 0. The van der Waals surface area contributed by atoms with Gasteiger partial charge in [-0.05, 0) is 6.07 Å². The van der Waals surface area contributed by atoms with Crippen molar-refractivity contribution < 1.29 is 26.7 Å². The van der Waals surface area contributed by atoms with E-state index in [0.29, 0.717) is 6.07 Å². The van der Waals surface area contributed by atoms with Gasteiger partial charge in [0.25, 0.3) is 0 Å². The third-order valence-electron chi connectivity index (χ3n) is 3.00. The summed E-state index contributed by atoms with van der Waals surface area (Å²) in [6.07, 6.45) is 0. The zero-order valence-corrected chi connectivity index (χ0v) is 10.8. The van der Waals surface area contributed by atoms with Crippen molar-refractivity contribution in [1.29, 1.82) is 0 Å². The first kappa shape index (κ1) is 15.2. The lowest BCUT2D eigenvalue weighted by Crippen LogP contribution is -2.18. The molecule has 0 heterocycles. The maximum atomic E-state index is 13.9. The van der Waals surface area contributed by atoms with Crippen molar-refractivity contribution in [2.24, 2.45) is 5.73 Å². The third-order valence-corrected chi connectivity index (χ3v) is 3.00. The molecule has 1 atom stereocenters. The average molecular weight is 303 g/mol. The Balaban J connectivity index is 2.55. The summed E-state index contributed by atoms with van der Waals surface area (Å²) < 4.78 is 72.1. The molecule has 0 saturated carbocycles. The molecule has 2 nitrogen and oxygen atoms in total.